The topological polar surface area (TPSA) is 44.8 Å². The average molecular weight is 330 g/mol. The van der Waals surface area contributed by atoms with E-state index in [9.17, 15) is 4.79 Å². The van der Waals surface area contributed by atoms with Crippen LogP contribution in [-0.2, 0) is 11.3 Å². The fourth-order valence-corrected chi connectivity index (χ4v) is 1.91. The first-order chi connectivity index (χ1) is 10.1. The number of carbonyl (C=O) groups excluding carboxylic acids is 1. The zero-order valence-corrected chi connectivity index (χ0v) is 14.6. The molecule has 0 atom stereocenters. The summed E-state index contributed by atoms with van der Waals surface area (Å²) in [6.45, 7) is 3.99. The van der Waals surface area contributed by atoms with E-state index in [1.807, 2.05) is 37.4 Å². The lowest BCUT2D eigenvalue weighted by Gasteiger charge is -2.20. The van der Waals surface area contributed by atoms with E-state index in [1.165, 1.54) is 0 Å². The number of nitrogens with zero attached hydrogens (tertiary/aromatic N) is 2. The van der Waals surface area contributed by atoms with Crippen molar-refractivity contribution in [1.82, 2.24) is 15.1 Å². The molecule has 0 aliphatic heterocycles. The molecule has 0 heterocycles. The minimum Gasteiger partial charge on any atom is -0.445 e. The molecule has 0 saturated carbocycles. The number of ether oxygens (including phenoxy) is 1. The van der Waals surface area contributed by atoms with Crippen LogP contribution in [0.4, 0.5) is 4.79 Å². The van der Waals surface area contributed by atoms with Gasteiger partial charge in [-0.05, 0) is 32.6 Å². The van der Waals surface area contributed by atoms with Crippen molar-refractivity contribution in [3.05, 3.63) is 35.9 Å². The lowest BCUT2D eigenvalue weighted by atomic mass is 10.2. The molecule has 1 rings (SSSR count). The standard InChI is InChI=1S/C16H27N3O2.ClH/c1-17-10-13-18(2)11-7-12-19(3)16(20)21-14-15-8-5-4-6-9-15;/h4-6,8-9,17H,7,10-14H2,1-3H3;1H. The van der Waals surface area contributed by atoms with Gasteiger partial charge in [0.1, 0.15) is 6.61 Å². The van der Waals surface area contributed by atoms with Gasteiger partial charge in [0.2, 0.25) is 0 Å². The van der Waals surface area contributed by atoms with Crippen LogP contribution < -0.4 is 5.32 Å². The monoisotopic (exact) mass is 329 g/mol. The molecule has 22 heavy (non-hydrogen) atoms. The van der Waals surface area contributed by atoms with Gasteiger partial charge in [-0.3, -0.25) is 0 Å². The van der Waals surface area contributed by atoms with E-state index in [1.54, 1.807) is 11.9 Å². The quantitative estimate of drug-likeness (QED) is 0.754. The predicted molar refractivity (Wildman–Crippen MR) is 92.5 cm³/mol. The van der Waals surface area contributed by atoms with Gasteiger partial charge in [0.05, 0.1) is 0 Å². The summed E-state index contributed by atoms with van der Waals surface area (Å²) in [5.41, 5.74) is 1.01. The Hall–Kier alpha value is -1.30. The summed E-state index contributed by atoms with van der Waals surface area (Å²) in [5.74, 6) is 0. The van der Waals surface area contributed by atoms with E-state index in [-0.39, 0.29) is 18.5 Å². The highest BCUT2D eigenvalue weighted by molar-refractivity contribution is 5.85. The average Bonchev–Trinajstić information content (AvgIpc) is 2.51. The Bertz CT molecular complexity index is 404. The van der Waals surface area contributed by atoms with Gasteiger partial charge in [0.25, 0.3) is 0 Å². The Morgan fingerprint density at radius 3 is 2.45 bits per heavy atom. The lowest BCUT2D eigenvalue weighted by molar-refractivity contribution is 0.103. The van der Waals surface area contributed by atoms with Crippen LogP contribution in [0.3, 0.4) is 0 Å². The zero-order valence-electron chi connectivity index (χ0n) is 13.7. The molecule has 1 aromatic rings. The SMILES string of the molecule is CNCCN(C)CCCN(C)C(=O)OCc1ccccc1.Cl. The lowest BCUT2D eigenvalue weighted by Crippen LogP contribution is -2.32. The molecule has 6 heteroatoms. The summed E-state index contributed by atoms with van der Waals surface area (Å²) >= 11 is 0. The zero-order chi connectivity index (χ0) is 15.5. The Morgan fingerprint density at radius 2 is 1.82 bits per heavy atom. The van der Waals surface area contributed by atoms with Gasteiger partial charge in [-0.1, -0.05) is 30.3 Å². The second kappa shape index (κ2) is 12.3. The third-order valence-corrected chi connectivity index (χ3v) is 3.29. The molecule has 1 aromatic carbocycles. The fraction of sp³-hybridized carbons (Fsp3) is 0.562. The van der Waals surface area contributed by atoms with Crippen molar-refractivity contribution in [1.29, 1.82) is 0 Å². The van der Waals surface area contributed by atoms with Crippen LogP contribution in [0.25, 0.3) is 0 Å². The van der Waals surface area contributed by atoms with Gasteiger partial charge >= 0.3 is 6.09 Å². The van der Waals surface area contributed by atoms with Crippen LogP contribution in [0.2, 0.25) is 0 Å². The summed E-state index contributed by atoms with van der Waals surface area (Å²) in [6, 6.07) is 9.72. The van der Waals surface area contributed by atoms with E-state index in [4.69, 9.17) is 4.74 Å². The first kappa shape index (κ1) is 20.7. The molecule has 126 valence electrons. The van der Waals surface area contributed by atoms with E-state index in [2.05, 4.69) is 17.3 Å². The molecule has 0 aliphatic rings. The van der Waals surface area contributed by atoms with Crippen LogP contribution in [0.1, 0.15) is 12.0 Å². The van der Waals surface area contributed by atoms with E-state index in [0.29, 0.717) is 13.2 Å². The molecule has 0 fully saturated rings. The maximum atomic E-state index is 11.8. The van der Waals surface area contributed by atoms with Crippen LogP contribution in [0.15, 0.2) is 30.3 Å². The van der Waals surface area contributed by atoms with Crippen molar-refractivity contribution in [2.45, 2.75) is 13.0 Å². The molecule has 0 aromatic heterocycles. The molecule has 1 amide bonds. The molecule has 0 spiro atoms. The fourth-order valence-electron chi connectivity index (χ4n) is 1.91. The summed E-state index contributed by atoms with van der Waals surface area (Å²) in [4.78, 5) is 15.7. The molecule has 1 N–H and O–H groups in total. The van der Waals surface area contributed by atoms with Crippen molar-refractivity contribution in [2.75, 3.05) is 47.3 Å². The number of nitrogens with one attached hydrogen (secondary N) is 1. The smallest absolute Gasteiger partial charge is 0.409 e. The molecule has 5 nitrogen and oxygen atoms in total. The maximum Gasteiger partial charge on any atom is 0.409 e. The molecular weight excluding hydrogens is 302 g/mol. The van der Waals surface area contributed by atoms with Crippen LogP contribution >= 0.6 is 12.4 Å². The molecule has 0 saturated heterocycles. The third-order valence-electron chi connectivity index (χ3n) is 3.29. The van der Waals surface area contributed by atoms with Gasteiger partial charge < -0.3 is 19.9 Å². The minimum absolute atomic E-state index is 0. The van der Waals surface area contributed by atoms with Gasteiger partial charge in [-0.25, -0.2) is 4.79 Å². The van der Waals surface area contributed by atoms with Crippen molar-refractivity contribution in [3.63, 3.8) is 0 Å². The van der Waals surface area contributed by atoms with E-state index < -0.39 is 0 Å². The highest BCUT2D eigenvalue weighted by Gasteiger charge is 2.10. The number of amides is 1. The van der Waals surface area contributed by atoms with E-state index in [0.717, 1.165) is 31.6 Å². The van der Waals surface area contributed by atoms with Gasteiger partial charge in [-0.2, -0.15) is 0 Å². The summed E-state index contributed by atoms with van der Waals surface area (Å²) in [5, 5.41) is 3.12. The number of likely N-dealkylation sites (N-methyl/N-ethyl adjacent to an activating group) is 2. The molecule has 0 unspecified atom stereocenters. The van der Waals surface area contributed by atoms with Gasteiger partial charge in [0, 0.05) is 26.7 Å². The largest absolute Gasteiger partial charge is 0.445 e. The Balaban J connectivity index is 0.00000441. The van der Waals surface area contributed by atoms with Gasteiger partial charge in [0.15, 0.2) is 0 Å². The van der Waals surface area contributed by atoms with Crippen LogP contribution in [-0.4, -0.2) is 63.2 Å². The number of hydrogen-bond acceptors (Lipinski definition) is 4. The maximum absolute atomic E-state index is 11.8. The van der Waals surface area contributed by atoms with Crippen LogP contribution in [0, 0.1) is 0 Å². The minimum atomic E-state index is -0.267. The first-order valence-corrected chi connectivity index (χ1v) is 7.38. The number of benzene rings is 1. The summed E-state index contributed by atoms with van der Waals surface area (Å²) < 4.78 is 5.28. The summed E-state index contributed by atoms with van der Waals surface area (Å²) in [7, 11) is 5.82. The number of hydrogen-bond donors (Lipinski definition) is 1. The molecule has 0 aliphatic carbocycles. The van der Waals surface area contributed by atoms with Gasteiger partial charge in [-0.15, -0.1) is 12.4 Å². The third kappa shape index (κ3) is 8.87. The van der Waals surface area contributed by atoms with Crippen molar-refractivity contribution >= 4 is 18.5 Å². The molecule has 0 radical (unpaired) electrons. The number of rotatable bonds is 9. The second-order valence-corrected chi connectivity index (χ2v) is 5.22. The Labute approximate surface area is 140 Å². The summed E-state index contributed by atoms with van der Waals surface area (Å²) in [6.07, 6.45) is 0.675. The van der Waals surface area contributed by atoms with Crippen molar-refractivity contribution < 1.29 is 9.53 Å². The first-order valence-electron chi connectivity index (χ1n) is 7.38. The predicted octanol–water partition coefficient (Wildman–Crippen LogP) is 2.22. The van der Waals surface area contributed by atoms with E-state index >= 15 is 0 Å². The molecular formula is C16H28ClN3O2. The van der Waals surface area contributed by atoms with Crippen molar-refractivity contribution in [2.24, 2.45) is 0 Å². The highest BCUT2D eigenvalue weighted by atomic mass is 35.5. The van der Waals surface area contributed by atoms with Crippen LogP contribution in [0.5, 0.6) is 0 Å². The molecule has 0 bridgehead atoms. The second-order valence-electron chi connectivity index (χ2n) is 5.22. The number of halogens is 1. The number of carbonyl (C=O) groups is 1. The Kier molecular flexibility index (Phi) is 11.5. The Morgan fingerprint density at radius 1 is 1.14 bits per heavy atom. The normalized spacial score (nSPS) is 10.2. The highest BCUT2D eigenvalue weighted by Crippen LogP contribution is 2.03. The van der Waals surface area contributed by atoms with Crippen molar-refractivity contribution in [3.8, 4) is 0 Å².